The highest BCUT2D eigenvalue weighted by molar-refractivity contribution is 5.70. The lowest BCUT2D eigenvalue weighted by atomic mass is 9.98. The summed E-state index contributed by atoms with van der Waals surface area (Å²) in [5.74, 6) is -0.748. The van der Waals surface area contributed by atoms with Gasteiger partial charge >= 0.3 is 5.97 Å². The summed E-state index contributed by atoms with van der Waals surface area (Å²) in [5.41, 5.74) is 3.54. The van der Waals surface area contributed by atoms with E-state index < -0.39 is 5.97 Å². The fraction of sp³-hybridized carbons (Fsp3) is 0.731. The van der Waals surface area contributed by atoms with Crippen molar-refractivity contribution in [2.24, 2.45) is 0 Å². The van der Waals surface area contributed by atoms with Crippen molar-refractivity contribution in [3.63, 3.8) is 0 Å². The first kappa shape index (κ1) is 24.7. The molecule has 2 nitrogen and oxygen atoms in total. The van der Waals surface area contributed by atoms with Crippen molar-refractivity contribution in [3.05, 3.63) is 34.9 Å². The first-order chi connectivity index (χ1) is 13.6. The van der Waals surface area contributed by atoms with Gasteiger partial charge in [0.1, 0.15) is 0 Å². The van der Waals surface area contributed by atoms with Crippen LogP contribution in [0.5, 0.6) is 0 Å². The highest BCUT2D eigenvalue weighted by Crippen LogP contribution is 2.17. The maximum absolute atomic E-state index is 10.9. The van der Waals surface area contributed by atoms with Gasteiger partial charge in [-0.25, -0.2) is 0 Å². The molecule has 0 spiro atoms. The summed E-state index contributed by atoms with van der Waals surface area (Å²) in [6.45, 7) is 4.41. The van der Waals surface area contributed by atoms with E-state index in [-0.39, 0.29) is 6.42 Å². The van der Waals surface area contributed by atoms with E-state index in [0.717, 1.165) is 12.0 Å². The van der Waals surface area contributed by atoms with E-state index in [1.165, 1.54) is 107 Å². The van der Waals surface area contributed by atoms with Gasteiger partial charge in [0.05, 0.1) is 6.42 Å². The molecule has 0 saturated heterocycles. The van der Waals surface area contributed by atoms with E-state index in [4.69, 9.17) is 5.11 Å². The maximum atomic E-state index is 10.9. The fourth-order valence-corrected chi connectivity index (χ4v) is 3.97. The molecule has 0 unspecified atom stereocenters. The first-order valence-electron chi connectivity index (χ1n) is 11.9. The van der Waals surface area contributed by atoms with Crippen LogP contribution in [0, 0.1) is 6.92 Å². The number of unbranched alkanes of at least 4 members (excludes halogenated alkanes) is 14. The Labute approximate surface area is 174 Å². The van der Waals surface area contributed by atoms with Gasteiger partial charge in [0, 0.05) is 0 Å². The number of carboxylic acid groups (broad SMARTS) is 1. The predicted octanol–water partition coefficient (Wildman–Crippen LogP) is 8.04. The Bertz CT molecular complexity index is 521. The Morgan fingerprint density at radius 3 is 1.68 bits per heavy atom. The minimum atomic E-state index is -0.748. The van der Waals surface area contributed by atoms with Crippen molar-refractivity contribution in [2.45, 2.75) is 123 Å². The van der Waals surface area contributed by atoms with Gasteiger partial charge in [-0.05, 0) is 36.5 Å². The van der Waals surface area contributed by atoms with Crippen molar-refractivity contribution >= 4 is 5.97 Å². The number of aryl methyl sites for hydroxylation is 2. The van der Waals surface area contributed by atoms with Crippen LogP contribution in [-0.2, 0) is 17.6 Å². The molecule has 0 amide bonds. The molecule has 0 aliphatic carbocycles. The summed E-state index contributed by atoms with van der Waals surface area (Å²) in [4.78, 5) is 10.9. The topological polar surface area (TPSA) is 37.3 Å². The van der Waals surface area contributed by atoms with Crippen LogP contribution in [0.25, 0.3) is 0 Å². The molecule has 0 saturated carbocycles. The van der Waals surface area contributed by atoms with Crippen LogP contribution in [0.3, 0.4) is 0 Å². The number of hydrogen-bond acceptors (Lipinski definition) is 1. The highest BCUT2D eigenvalue weighted by atomic mass is 16.4. The van der Waals surface area contributed by atoms with Gasteiger partial charge in [-0.15, -0.1) is 0 Å². The van der Waals surface area contributed by atoms with E-state index in [0.29, 0.717) is 0 Å². The molecule has 0 heterocycles. The zero-order valence-electron chi connectivity index (χ0n) is 18.6. The average Bonchev–Trinajstić information content (AvgIpc) is 2.66. The monoisotopic (exact) mass is 388 g/mol. The van der Waals surface area contributed by atoms with Crippen LogP contribution in [-0.4, -0.2) is 11.1 Å². The molecule has 0 aliphatic heterocycles. The quantitative estimate of drug-likeness (QED) is 0.258. The summed E-state index contributed by atoms with van der Waals surface area (Å²) < 4.78 is 0. The Balaban J connectivity index is 1.95. The molecular formula is C26H44O2. The zero-order chi connectivity index (χ0) is 20.5. The average molecular weight is 389 g/mol. The number of carboxylic acids is 1. The molecule has 0 atom stereocenters. The second-order valence-corrected chi connectivity index (χ2v) is 8.53. The molecule has 1 aromatic carbocycles. The van der Waals surface area contributed by atoms with Crippen LogP contribution < -0.4 is 0 Å². The second kappa shape index (κ2) is 16.6. The molecular weight excluding hydrogens is 344 g/mol. The number of carbonyl (C=O) groups is 1. The van der Waals surface area contributed by atoms with Crippen molar-refractivity contribution in [3.8, 4) is 0 Å². The van der Waals surface area contributed by atoms with Crippen molar-refractivity contribution in [2.75, 3.05) is 0 Å². The van der Waals surface area contributed by atoms with E-state index in [1.54, 1.807) is 0 Å². The lowest BCUT2D eigenvalue weighted by Crippen LogP contribution is -2.01. The Morgan fingerprint density at radius 1 is 0.750 bits per heavy atom. The van der Waals surface area contributed by atoms with Crippen molar-refractivity contribution < 1.29 is 9.90 Å². The molecule has 0 radical (unpaired) electrons. The molecule has 0 aliphatic rings. The highest BCUT2D eigenvalue weighted by Gasteiger charge is 2.04. The number of rotatable bonds is 18. The summed E-state index contributed by atoms with van der Waals surface area (Å²) in [7, 11) is 0. The van der Waals surface area contributed by atoms with Crippen LogP contribution in [0.2, 0.25) is 0 Å². The minimum Gasteiger partial charge on any atom is -0.481 e. The molecule has 0 fully saturated rings. The zero-order valence-corrected chi connectivity index (χ0v) is 18.6. The molecule has 160 valence electrons. The molecule has 1 rings (SSSR count). The molecule has 1 N–H and O–H groups in total. The summed E-state index contributed by atoms with van der Waals surface area (Å²) in [5, 5.41) is 8.94. The number of hydrogen-bond donors (Lipinski definition) is 1. The normalized spacial score (nSPS) is 11.1. The van der Waals surface area contributed by atoms with Gasteiger partial charge in [0.25, 0.3) is 0 Å². The van der Waals surface area contributed by atoms with E-state index >= 15 is 0 Å². The van der Waals surface area contributed by atoms with Gasteiger partial charge < -0.3 is 5.11 Å². The van der Waals surface area contributed by atoms with Gasteiger partial charge in [-0.1, -0.05) is 115 Å². The first-order valence-corrected chi connectivity index (χ1v) is 11.9. The Kier molecular flexibility index (Phi) is 14.7. The van der Waals surface area contributed by atoms with Crippen molar-refractivity contribution in [1.29, 1.82) is 0 Å². The summed E-state index contributed by atoms with van der Waals surface area (Å²) in [6.07, 6.45) is 22.0. The minimum absolute atomic E-state index is 0.131. The molecule has 1 aromatic rings. The lowest BCUT2D eigenvalue weighted by Gasteiger charge is -2.08. The predicted molar refractivity (Wildman–Crippen MR) is 121 cm³/mol. The largest absolute Gasteiger partial charge is 0.481 e. The van der Waals surface area contributed by atoms with Gasteiger partial charge in [-0.3, -0.25) is 4.79 Å². The number of aliphatic carboxylic acids is 1. The Hall–Kier alpha value is -1.31. The van der Waals surface area contributed by atoms with Crippen LogP contribution >= 0.6 is 0 Å². The summed E-state index contributed by atoms with van der Waals surface area (Å²) >= 11 is 0. The van der Waals surface area contributed by atoms with Gasteiger partial charge in [0.15, 0.2) is 0 Å². The van der Waals surface area contributed by atoms with E-state index in [9.17, 15) is 4.79 Å². The van der Waals surface area contributed by atoms with Crippen LogP contribution in [0.4, 0.5) is 0 Å². The SMILES string of the molecule is CCCCCCCCCCCCCCCCCc1cc(CC(=O)O)ccc1C. The standard InChI is InChI=1S/C26H44O2/c1-3-4-5-6-7-8-9-10-11-12-13-14-15-16-17-18-25-21-24(22-26(27)28)20-19-23(25)2/h19-21H,3-18,22H2,1-2H3,(H,27,28). The Morgan fingerprint density at radius 2 is 1.21 bits per heavy atom. The molecule has 0 aromatic heterocycles. The maximum Gasteiger partial charge on any atom is 0.307 e. The third kappa shape index (κ3) is 13.0. The lowest BCUT2D eigenvalue weighted by molar-refractivity contribution is -0.136. The fourth-order valence-electron chi connectivity index (χ4n) is 3.97. The van der Waals surface area contributed by atoms with Crippen molar-refractivity contribution in [1.82, 2.24) is 0 Å². The van der Waals surface area contributed by atoms with Crippen LogP contribution in [0.15, 0.2) is 18.2 Å². The molecule has 28 heavy (non-hydrogen) atoms. The third-order valence-corrected chi connectivity index (χ3v) is 5.82. The second-order valence-electron chi connectivity index (χ2n) is 8.53. The number of benzene rings is 1. The van der Waals surface area contributed by atoms with Gasteiger partial charge in [0.2, 0.25) is 0 Å². The van der Waals surface area contributed by atoms with Crippen LogP contribution in [0.1, 0.15) is 120 Å². The van der Waals surface area contributed by atoms with E-state index in [2.05, 4.69) is 26.0 Å². The van der Waals surface area contributed by atoms with Gasteiger partial charge in [-0.2, -0.15) is 0 Å². The third-order valence-electron chi connectivity index (χ3n) is 5.82. The molecule has 2 heteroatoms. The molecule has 0 bridgehead atoms. The van der Waals surface area contributed by atoms with E-state index in [1.807, 2.05) is 6.07 Å². The summed E-state index contributed by atoms with van der Waals surface area (Å²) in [6, 6.07) is 6.10. The smallest absolute Gasteiger partial charge is 0.307 e.